The predicted molar refractivity (Wildman–Crippen MR) is 73.4 cm³/mol. The van der Waals surface area contributed by atoms with Gasteiger partial charge in [-0.3, -0.25) is 23.9 Å². The Balaban J connectivity index is 2.23. The van der Waals surface area contributed by atoms with Crippen molar-refractivity contribution in [2.24, 2.45) is 0 Å². The van der Waals surface area contributed by atoms with Gasteiger partial charge in [0.1, 0.15) is 12.7 Å². The molecule has 0 aliphatic carbocycles. The molecule has 1 aliphatic heterocycles. The largest absolute Gasteiger partial charge is 0.463 e. The molecule has 0 bridgehead atoms. The van der Waals surface area contributed by atoms with Crippen molar-refractivity contribution in [3.05, 3.63) is 33.1 Å². The van der Waals surface area contributed by atoms with E-state index in [0.29, 0.717) is 0 Å². The maximum absolute atomic E-state index is 11.9. The number of hydrogen-bond acceptors (Lipinski definition) is 8. The number of hydrogen-bond donors (Lipinski definition) is 1. The van der Waals surface area contributed by atoms with Gasteiger partial charge in [0, 0.05) is 26.1 Å². The lowest BCUT2D eigenvalue weighted by Gasteiger charge is -2.35. The van der Waals surface area contributed by atoms with E-state index in [9.17, 15) is 19.2 Å². The second-order valence-corrected chi connectivity index (χ2v) is 4.78. The Morgan fingerprint density at radius 1 is 1.35 bits per heavy atom. The summed E-state index contributed by atoms with van der Waals surface area (Å²) in [5.74, 6) is -1.12. The van der Waals surface area contributed by atoms with Gasteiger partial charge in [-0.1, -0.05) is 0 Å². The lowest BCUT2D eigenvalue weighted by atomic mass is 10.3. The Labute approximate surface area is 129 Å². The van der Waals surface area contributed by atoms with Crippen molar-refractivity contribution < 1.29 is 28.5 Å². The van der Waals surface area contributed by atoms with E-state index in [-0.39, 0.29) is 13.2 Å². The molecule has 0 unspecified atom stereocenters. The summed E-state index contributed by atoms with van der Waals surface area (Å²) in [5, 5.41) is 0. The first-order valence-electron chi connectivity index (χ1n) is 6.76. The fourth-order valence-corrected chi connectivity index (χ4v) is 1.96. The van der Waals surface area contributed by atoms with E-state index in [1.807, 2.05) is 0 Å². The predicted octanol–water partition coefficient (Wildman–Crippen LogP) is -1.10. The molecule has 10 nitrogen and oxygen atoms in total. The SMILES string of the molecule is CC(=O)OC[C@H]1CO[C@H](OC(C)=O)[C@H](n2ccc(=O)[nH]c2=O)O1. The number of aromatic nitrogens is 2. The molecule has 1 fully saturated rings. The number of rotatable bonds is 4. The third kappa shape index (κ3) is 4.50. The van der Waals surface area contributed by atoms with Gasteiger partial charge < -0.3 is 18.9 Å². The van der Waals surface area contributed by atoms with Crippen molar-refractivity contribution in [2.45, 2.75) is 32.5 Å². The van der Waals surface area contributed by atoms with Crippen LogP contribution in [-0.4, -0.2) is 47.1 Å². The number of esters is 2. The average Bonchev–Trinajstić information content (AvgIpc) is 2.46. The van der Waals surface area contributed by atoms with Crippen molar-refractivity contribution in [2.75, 3.05) is 13.2 Å². The second-order valence-electron chi connectivity index (χ2n) is 4.78. The Bertz CT molecular complexity index is 694. The fraction of sp³-hybridized carbons (Fsp3) is 0.538. The van der Waals surface area contributed by atoms with E-state index in [1.165, 1.54) is 20.0 Å². The van der Waals surface area contributed by atoms with Gasteiger partial charge in [0.25, 0.3) is 5.56 Å². The van der Waals surface area contributed by atoms with Gasteiger partial charge in [-0.05, 0) is 0 Å². The first kappa shape index (κ1) is 16.9. The van der Waals surface area contributed by atoms with Gasteiger partial charge in [0.05, 0.1) is 6.61 Å². The lowest BCUT2D eigenvalue weighted by molar-refractivity contribution is -0.289. The van der Waals surface area contributed by atoms with Crippen molar-refractivity contribution in [1.82, 2.24) is 9.55 Å². The highest BCUT2D eigenvalue weighted by atomic mass is 16.7. The van der Waals surface area contributed by atoms with Crippen molar-refractivity contribution in [1.29, 1.82) is 0 Å². The highest BCUT2D eigenvalue weighted by molar-refractivity contribution is 5.66. The molecule has 2 heterocycles. The summed E-state index contributed by atoms with van der Waals surface area (Å²) in [6.45, 7) is 2.34. The molecule has 1 saturated heterocycles. The van der Waals surface area contributed by atoms with Crippen LogP contribution < -0.4 is 11.2 Å². The molecular weight excluding hydrogens is 312 g/mol. The van der Waals surface area contributed by atoms with Crippen molar-refractivity contribution in [3.63, 3.8) is 0 Å². The Morgan fingerprint density at radius 2 is 2.09 bits per heavy atom. The summed E-state index contributed by atoms with van der Waals surface area (Å²) in [6.07, 6.45) is -1.77. The van der Waals surface area contributed by atoms with E-state index in [1.54, 1.807) is 0 Å². The minimum Gasteiger partial charge on any atom is -0.463 e. The number of nitrogens with zero attached hydrogens (tertiary/aromatic N) is 1. The Morgan fingerprint density at radius 3 is 2.70 bits per heavy atom. The molecule has 0 spiro atoms. The van der Waals surface area contributed by atoms with Crippen LogP contribution in [0.3, 0.4) is 0 Å². The van der Waals surface area contributed by atoms with E-state index in [2.05, 4.69) is 4.98 Å². The van der Waals surface area contributed by atoms with Crippen LogP contribution in [0.4, 0.5) is 0 Å². The van der Waals surface area contributed by atoms with Crippen LogP contribution in [-0.2, 0) is 28.5 Å². The molecule has 0 amide bonds. The Hall–Kier alpha value is -2.46. The Kier molecular flexibility index (Phi) is 5.29. The van der Waals surface area contributed by atoms with Crippen LogP contribution in [0, 0.1) is 0 Å². The van der Waals surface area contributed by atoms with Crippen LogP contribution in [0.1, 0.15) is 20.1 Å². The monoisotopic (exact) mass is 328 g/mol. The van der Waals surface area contributed by atoms with Gasteiger partial charge >= 0.3 is 17.6 Å². The molecule has 1 N–H and O–H groups in total. The molecule has 1 aliphatic rings. The zero-order valence-electron chi connectivity index (χ0n) is 12.5. The van der Waals surface area contributed by atoms with Crippen LogP contribution in [0.25, 0.3) is 0 Å². The summed E-state index contributed by atoms with van der Waals surface area (Å²) in [4.78, 5) is 47.1. The molecule has 10 heteroatoms. The molecule has 0 radical (unpaired) electrons. The molecule has 23 heavy (non-hydrogen) atoms. The number of nitrogens with one attached hydrogen (secondary N) is 1. The van der Waals surface area contributed by atoms with Gasteiger partial charge in [0.2, 0.25) is 12.5 Å². The maximum Gasteiger partial charge on any atom is 0.330 e. The van der Waals surface area contributed by atoms with Crippen molar-refractivity contribution in [3.8, 4) is 0 Å². The summed E-state index contributed by atoms with van der Waals surface area (Å²) >= 11 is 0. The van der Waals surface area contributed by atoms with Crippen molar-refractivity contribution >= 4 is 11.9 Å². The van der Waals surface area contributed by atoms with Gasteiger partial charge in [-0.15, -0.1) is 0 Å². The molecule has 126 valence electrons. The number of H-pyrrole nitrogens is 1. The van der Waals surface area contributed by atoms with E-state index >= 15 is 0 Å². The molecule has 1 aromatic rings. The normalized spacial score (nSPS) is 24.0. The lowest BCUT2D eigenvalue weighted by Crippen LogP contribution is -2.48. The number of aromatic amines is 1. The molecular formula is C13H16N2O8. The number of carbonyl (C=O) groups is 2. The molecule has 0 aromatic carbocycles. The minimum absolute atomic E-state index is 0.000168. The average molecular weight is 328 g/mol. The maximum atomic E-state index is 11.9. The highest BCUT2D eigenvalue weighted by Crippen LogP contribution is 2.24. The second kappa shape index (κ2) is 7.20. The smallest absolute Gasteiger partial charge is 0.330 e. The summed E-state index contributed by atoms with van der Waals surface area (Å²) in [7, 11) is 0. The number of ether oxygens (including phenoxy) is 4. The summed E-state index contributed by atoms with van der Waals surface area (Å²) < 4.78 is 21.8. The zero-order valence-corrected chi connectivity index (χ0v) is 12.5. The zero-order chi connectivity index (χ0) is 17.0. The highest BCUT2D eigenvalue weighted by Gasteiger charge is 2.36. The minimum atomic E-state index is -1.18. The van der Waals surface area contributed by atoms with Crippen LogP contribution in [0.15, 0.2) is 21.9 Å². The van der Waals surface area contributed by atoms with E-state index in [0.717, 1.165) is 10.6 Å². The first-order chi connectivity index (χ1) is 10.9. The summed E-state index contributed by atoms with van der Waals surface area (Å²) in [6, 6.07) is 1.12. The van der Waals surface area contributed by atoms with Crippen LogP contribution in [0.5, 0.6) is 0 Å². The quantitative estimate of drug-likeness (QED) is 0.691. The van der Waals surface area contributed by atoms with Gasteiger partial charge in [-0.2, -0.15) is 0 Å². The fourth-order valence-electron chi connectivity index (χ4n) is 1.96. The van der Waals surface area contributed by atoms with Crippen LogP contribution >= 0.6 is 0 Å². The van der Waals surface area contributed by atoms with Gasteiger partial charge in [-0.25, -0.2) is 4.79 Å². The molecule has 1 aromatic heterocycles. The number of carbonyl (C=O) groups excluding carboxylic acids is 2. The van der Waals surface area contributed by atoms with Crippen LogP contribution in [0.2, 0.25) is 0 Å². The topological polar surface area (TPSA) is 126 Å². The third-order valence-corrected chi connectivity index (χ3v) is 2.89. The summed E-state index contributed by atoms with van der Waals surface area (Å²) in [5.41, 5.74) is -1.33. The van der Waals surface area contributed by atoms with Gasteiger partial charge in [0.15, 0.2) is 0 Å². The molecule has 0 saturated carbocycles. The third-order valence-electron chi connectivity index (χ3n) is 2.89. The first-order valence-corrected chi connectivity index (χ1v) is 6.76. The van der Waals surface area contributed by atoms with E-state index in [4.69, 9.17) is 18.9 Å². The van der Waals surface area contributed by atoms with E-state index < -0.39 is 41.8 Å². The molecule has 2 rings (SSSR count). The standard InChI is InChI=1S/C13H16N2O8/c1-7(16)20-5-9-6-21-12(22-8(2)17)11(23-9)15-4-3-10(18)14-13(15)19/h3-4,9,11-12H,5-6H2,1-2H3,(H,14,18,19)/t9-,11+,12+/m0/s1. The molecule has 3 atom stereocenters.